The number of benzene rings is 2. The molecule has 1 amide bonds. The summed E-state index contributed by atoms with van der Waals surface area (Å²) >= 11 is 5.82. The Hall–Kier alpha value is -2.07. The van der Waals surface area contributed by atoms with Gasteiger partial charge in [-0.25, -0.2) is 4.39 Å². The molecular weight excluding hydrogens is 269 g/mol. The van der Waals surface area contributed by atoms with Crippen LogP contribution in [-0.4, -0.2) is 13.0 Å². The lowest BCUT2D eigenvalue weighted by Crippen LogP contribution is -2.14. The van der Waals surface area contributed by atoms with Crippen molar-refractivity contribution >= 4 is 23.2 Å². The van der Waals surface area contributed by atoms with Crippen molar-refractivity contribution in [3.8, 4) is 5.75 Å². The fourth-order valence-corrected chi connectivity index (χ4v) is 1.86. The van der Waals surface area contributed by atoms with Crippen LogP contribution in [-0.2, 0) is 0 Å². The van der Waals surface area contributed by atoms with Crippen molar-refractivity contribution in [3.63, 3.8) is 0 Å². The molecule has 0 aliphatic rings. The number of methoxy groups -OCH3 is 1. The first-order valence-electron chi connectivity index (χ1n) is 5.51. The summed E-state index contributed by atoms with van der Waals surface area (Å²) in [4.78, 5) is 12.0. The number of carbonyl (C=O) groups excluding carboxylic acids is 1. The van der Waals surface area contributed by atoms with Crippen LogP contribution in [0.15, 0.2) is 42.5 Å². The highest BCUT2D eigenvalue weighted by Crippen LogP contribution is 2.22. The highest BCUT2D eigenvalue weighted by molar-refractivity contribution is 6.34. The van der Waals surface area contributed by atoms with Crippen LogP contribution >= 0.6 is 11.6 Å². The summed E-state index contributed by atoms with van der Waals surface area (Å²) in [7, 11) is 1.52. The van der Waals surface area contributed by atoms with Crippen LogP contribution in [0.4, 0.5) is 10.1 Å². The van der Waals surface area contributed by atoms with E-state index in [2.05, 4.69) is 5.32 Å². The van der Waals surface area contributed by atoms with E-state index in [1.165, 1.54) is 25.3 Å². The predicted molar refractivity (Wildman–Crippen MR) is 72.4 cm³/mol. The van der Waals surface area contributed by atoms with Crippen LogP contribution in [0.25, 0.3) is 0 Å². The second kappa shape index (κ2) is 5.71. The van der Waals surface area contributed by atoms with Crippen LogP contribution in [0.5, 0.6) is 5.75 Å². The minimum atomic E-state index is -0.659. The number of ether oxygens (including phenoxy) is 1. The quantitative estimate of drug-likeness (QED) is 0.929. The number of nitrogens with one attached hydrogen (secondary N) is 1. The Morgan fingerprint density at radius 1 is 1.26 bits per heavy atom. The first-order valence-corrected chi connectivity index (χ1v) is 5.89. The molecular formula is C14H11ClFNO2. The minimum Gasteiger partial charge on any atom is -0.497 e. The summed E-state index contributed by atoms with van der Waals surface area (Å²) in [5, 5.41) is 2.64. The lowest BCUT2D eigenvalue weighted by molar-refractivity contribution is 0.102. The molecule has 19 heavy (non-hydrogen) atoms. The molecule has 0 heterocycles. The molecule has 1 N–H and O–H groups in total. The fraction of sp³-hybridized carbons (Fsp3) is 0.0714. The number of amides is 1. The van der Waals surface area contributed by atoms with Gasteiger partial charge >= 0.3 is 0 Å². The summed E-state index contributed by atoms with van der Waals surface area (Å²) in [6.07, 6.45) is 0. The molecule has 0 bridgehead atoms. The van der Waals surface area contributed by atoms with E-state index in [0.717, 1.165) is 0 Å². The molecule has 3 nitrogen and oxygen atoms in total. The number of rotatable bonds is 3. The summed E-state index contributed by atoms with van der Waals surface area (Å²) < 4.78 is 18.6. The van der Waals surface area contributed by atoms with E-state index in [1.54, 1.807) is 24.3 Å². The van der Waals surface area contributed by atoms with Crippen LogP contribution in [0.1, 0.15) is 10.4 Å². The van der Waals surface area contributed by atoms with E-state index in [9.17, 15) is 9.18 Å². The van der Waals surface area contributed by atoms with Crippen LogP contribution in [0.2, 0.25) is 5.02 Å². The number of hydrogen-bond donors (Lipinski definition) is 1. The molecule has 0 spiro atoms. The Kier molecular flexibility index (Phi) is 4.02. The van der Waals surface area contributed by atoms with E-state index in [0.29, 0.717) is 11.4 Å². The fourth-order valence-electron chi connectivity index (χ4n) is 1.61. The summed E-state index contributed by atoms with van der Waals surface area (Å²) in [5.41, 5.74) is 0.329. The van der Waals surface area contributed by atoms with Crippen molar-refractivity contribution in [1.29, 1.82) is 0 Å². The standard InChI is InChI=1S/C14H11ClFNO2/c1-19-10-5-2-4-9(8-10)17-14(18)13-11(15)6-3-7-12(13)16/h2-8H,1H3,(H,17,18). The lowest BCUT2D eigenvalue weighted by Gasteiger charge is -2.08. The van der Waals surface area contributed by atoms with Gasteiger partial charge in [0.2, 0.25) is 0 Å². The van der Waals surface area contributed by atoms with Gasteiger partial charge in [0.1, 0.15) is 11.6 Å². The van der Waals surface area contributed by atoms with Crippen LogP contribution < -0.4 is 10.1 Å². The largest absolute Gasteiger partial charge is 0.497 e. The molecule has 0 saturated carbocycles. The van der Waals surface area contributed by atoms with Gasteiger partial charge in [-0.2, -0.15) is 0 Å². The predicted octanol–water partition coefficient (Wildman–Crippen LogP) is 3.74. The Balaban J connectivity index is 2.26. The molecule has 0 aliphatic heterocycles. The Morgan fingerprint density at radius 2 is 2.00 bits per heavy atom. The summed E-state index contributed by atoms with van der Waals surface area (Å²) in [5.74, 6) is -0.665. The minimum absolute atomic E-state index is 0.0698. The molecule has 5 heteroatoms. The van der Waals surface area contributed by atoms with E-state index < -0.39 is 11.7 Å². The molecule has 0 unspecified atom stereocenters. The van der Waals surface area contributed by atoms with Gasteiger partial charge in [-0.05, 0) is 24.3 Å². The Bertz CT molecular complexity index is 596. The maximum absolute atomic E-state index is 13.6. The van der Waals surface area contributed by atoms with Crippen molar-refractivity contribution in [1.82, 2.24) is 0 Å². The summed E-state index contributed by atoms with van der Waals surface area (Å²) in [6.45, 7) is 0. The molecule has 0 atom stereocenters. The zero-order chi connectivity index (χ0) is 13.8. The van der Waals surface area contributed by atoms with Crippen LogP contribution in [0, 0.1) is 5.82 Å². The highest BCUT2D eigenvalue weighted by atomic mass is 35.5. The van der Waals surface area contributed by atoms with E-state index in [-0.39, 0.29) is 10.6 Å². The summed E-state index contributed by atoms with van der Waals surface area (Å²) in [6, 6.07) is 10.9. The molecule has 0 aliphatic carbocycles. The Morgan fingerprint density at radius 3 is 2.68 bits per heavy atom. The number of halogens is 2. The number of carbonyl (C=O) groups is 1. The molecule has 0 aromatic heterocycles. The molecule has 0 radical (unpaired) electrons. The third-order valence-electron chi connectivity index (χ3n) is 2.52. The highest BCUT2D eigenvalue weighted by Gasteiger charge is 2.15. The number of hydrogen-bond acceptors (Lipinski definition) is 2. The molecule has 2 aromatic carbocycles. The van der Waals surface area contributed by atoms with Crippen molar-refractivity contribution < 1.29 is 13.9 Å². The monoisotopic (exact) mass is 279 g/mol. The number of anilines is 1. The molecule has 98 valence electrons. The first kappa shape index (κ1) is 13.4. The normalized spacial score (nSPS) is 10.1. The van der Waals surface area contributed by atoms with Gasteiger partial charge in [0.15, 0.2) is 0 Å². The second-order valence-electron chi connectivity index (χ2n) is 3.78. The van der Waals surface area contributed by atoms with E-state index in [4.69, 9.17) is 16.3 Å². The van der Waals surface area contributed by atoms with Gasteiger partial charge in [0.25, 0.3) is 5.91 Å². The molecule has 2 aromatic rings. The average Bonchev–Trinajstić information content (AvgIpc) is 2.38. The van der Waals surface area contributed by atoms with Gasteiger partial charge < -0.3 is 10.1 Å². The smallest absolute Gasteiger partial charge is 0.260 e. The topological polar surface area (TPSA) is 38.3 Å². The van der Waals surface area contributed by atoms with Gasteiger partial charge in [0, 0.05) is 11.8 Å². The van der Waals surface area contributed by atoms with Crippen LogP contribution in [0.3, 0.4) is 0 Å². The maximum atomic E-state index is 13.6. The van der Waals surface area contributed by atoms with Crippen molar-refractivity contribution in [2.24, 2.45) is 0 Å². The Labute approximate surface area is 115 Å². The first-order chi connectivity index (χ1) is 9.11. The molecule has 0 saturated heterocycles. The van der Waals surface area contributed by atoms with Crippen molar-refractivity contribution in [2.75, 3.05) is 12.4 Å². The molecule has 0 fully saturated rings. The van der Waals surface area contributed by atoms with E-state index >= 15 is 0 Å². The zero-order valence-corrected chi connectivity index (χ0v) is 10.9. The third-order valence-corrected chi connectivity index (χ3v) is 2.83. The lowest BCUT2D eigenvalue weighted by atomic mass is 10.2. The van der Waals surface area contributed by atoms with Gasteiger partial charge in [-0.15, -0.1) is 0 Å². The zero-order valence-electron chi connectivity index (χ0n) is 10.1. The van der Waals surface area contributed by atoms with Gasteiger partial charge in [-0.1, -0.05) is 23.7 Å². The second-order valence-corrected chi connectivity index (χ2v) is 4.19. The van der Waals surface area contributed by atoms with Gasteiger partial charge in [-0.3, -0.25) is 4.79 Å². The van der Waals surface area contributed by atoms with Crippen molar-refractivity contribution in [2.45, 2.75) is 0 Å². The maximum Gasteiger partial charge on any atom is 0.260 e. The molecule has 2 rings (SSSR count). The van der Waals surface area contributed by atoms with Gasteiger partial charge in [0.05, 0.1) is 17.7 Å². The third kappa shape index (κ3) is 3.03. The van der Waals surface area contributed by atoms with Crippen molar-refractivity contribution in [3.05, 3.63) is 58.9 Å². The average molecular weight is 280 g/mol. The SMILES string of the molecule is COc1cccc(NC(=O)c2c(F)cccc2Cl)c1. The van der Waals surface area contributed by atoms with E-state index in [1.807, 2.05) is 0 Å².